The Labute approximate surface area is 121 Å². The summed E-state index contributed by atoms with van der Waals surface area (Å²) in [5, 5.41) is 3.49. The van der Waals surface area contributed by atoms with Crippen LogP contribution in [-0.4, -0.2) is 13.7 Å². The zero-order valence-corrected chi connectivity index (χ0v) is 12.4. The third kappa shape index (κ3) is 2.47. The number of ether oxygens (including phenoxy) is 1. The van der Waals surface area contributed by atoms with E-state index in [1.165, 1.54) is 17.5 Å². The van der Waals surface area contributed by atoms with E-state index in [-0.39, 0.29) is 0 Å². The van der Waals surface area contributed by atoms with Crippen LogP contribution in [0.15, 0.2) is 46.9 Å². The third-order valence-corrected chi connectivity index (χ3v) is 4.32. The van der Waals surface area contributed by atoms with E-state index in [1.807, 2.05) is 12.1 Å². The maximum atomic E-state index is 5.30. The maximum Gasteiger partial charge on any atom is 0.135 e. The van der Waals surface area contributed by atoms with Crippen LogP contribution in [0.25, 0.3) is 0 Å². The Morgan fingerprint density at radius 3 is 2.89 bits per heavy atom. The molecule has 0 aromatic heterocycles. The molecular weight excluding hydrogens is 302 g/mol. The van der Waals surface area contributed by atoms with Crippen LogP contribution in [0.5, 0.6) is 5.75 Å². The van der Waals surface area contributed by atoms with Crippen molar-refractivity contribution < 1.29 is 4.74 Å². The quantitative estimate of drug-likeness (QED) is 0.912. The van der Waals surface area contributed by atoms with Crippen molar-refractivity contribution >= 4 is 21.6 Å². The van der Waals surface area contributed by atoms with E-state index in [1.54, 1.807) is 7.11 Å². The van der Waals surface area contributed by atoms with Crippen molar-refractivity contribution in [2.45, 2.75) is 12.3 Å². The van der Waals surface area contributed by atoms with E-state index in [0.29, 0.717) is 5.92 Å². The highest BCUT2D eigenvalue weighted by atomic mass is 79.9. The zero-order chi connectivity index (χ0) is 13.2. The Morgan fingerprint density at radius 1 is 1.26 bits per heavy atom. The number of anilines is 1. The lowest BCUT2D eigenvalue weighted by Gasteiger charge is -2.30. The van der Waals surface area contributed by atoms with Gasteiger partial charge in [-0.05, 0) is 45.6 Å². The van der Waals surface area contributed by atoms with Gasteiger partial charge in [0.05, 0.1) is 11.6 Å². The van der Waals surface area contributed by atoms with E-state index in [0.717, 1.165) is 22.5 Å². The second-order valence-electron chi connectivity index (χ2n) is 4.83. The molecule has 98 valence electrons. The Hall–Kier alpha value is -1.48. The van der Waals surface area contributed by atoms with Gasteiger partial charge >= 0.3 is 0 Å². The second kappa shape index (κ2) is 5.25. The predicted molar refractivity (Wildman–Crippen MR) is 82.1 cm³/mol. The monoisotopic (exact) mass is 317 g/mol. The highest BCUT2D eigenvalue weighted by Gasteiger charge is 2.24. The lowest BCUT2D eigenvalue weighted by atomic mass is 9.77. The Balaban J connectivity index is 1.65. The van der Waals surface area contributed by atoms with Gasteiger partial charge in [0.2, 0.25) is 0 Å². The zero-order valence-electron chi connectivity index (χ0n) is 10.8. The van der Waals surface area contributed by atoms with E-state index >= 15 is 0 Å². The summed E-state index contributed by atoms with van der Waals surface area (Å²) in [6.45, 7) is 0.974. The maximum absolute atomic E-state index is 5.30. The van der Waals surface area contributed by atoms with Crippen LogP contribution in [0.3, 0.4) is 0 Å². The molecule has 3 rings (SSSR count). The molecule has 0 heterocycles. The lowest BCUT2D eigenvalue weighted by Crippen LogP contribution is -2.24. The molecule has 0 aliphatic heterocycles. The van der Waals surface area contributed by atoms with Crippen LogP contribution in [0.1, 0.15) is 17.0 Å². The average molecular weight is 318 g/mol. The average Bonchev–Trinajstić information content (AvgIpc) is 2.41. The number of benzene rings is 2. The van der Waals surface area contributed by atoms with Crippen LogP contribution >= 0.6 is 15.9 Å². The molecule has 1 atom stereocenters. The Bertz CT molecular complexity index is 597. The molecule has 3 heteroatoms. The summed E-state index contributed by atoms with van der Waals surface area (Å²) < 4.78 is 6.28. The summed E-state index contributed by atoms with van der Waals surface area (Å²) in [6, 6.07) is 14.8. The number of hydrogen-bond donors (Lipinski definition) is 1. The van der Waals surface area contributed by atoms with E-state index in [2.05, 4.69) is 51.6 Å². The van der Waals surface area contributed by atoms with Gasteiger partial charge < -0.3 is 10.1 Å². The normalized spacial score (nSPS) is 16.4. The minimum atomic E-state index is 0.630. The van der Waals surface area contributed by atoms with Crippen molar-refractivity contribution in [3.05, 3.63) is 58.1 Å². The Kier molecular flexibility index (Phi) is 3.47. The summed E-state index contributed by atoms with van der Waals surface area (Å²) in [6.07, 6.45) is 1.18. The molecule has 2 aromatic rings. The largest absolute Gasteiger partial charge is 0.495 e. The Morgan fingerprint density at radius 2 is 2.11 bits per heavy atom. The first-order valence-corrected chi connectivity index (χ1v) is 7.22. The molecule has 1 aliphatic carbocycles. The van der Waals surface area contributed by atoms with Crippen LogP contribution in [0, 0.1) is 0 Å². The number of nitrogens with one attached hydrogen (secondary N) is 1. The predicted octanol–water partition coefficient (Wildman–Crippen LogP) is 4.21. The molecule has 0 saturated heterocycles. The molecule has 0 bridgehead atoms. The molecule has 0 radical (unpaired) electrons. The lowest BCUT2D eigenvalue weighted by molar-refractivity contribution is 0.412. The van der Waals surface area contributed by atoms with Crippen LogP contribution < -0.4 is 10.1 Å². The fraction of sp³-hybridized carbons (Fsp3) is 0.250. The van der Waals surface area contributed by atoms with Gasteiger partial charge in [0.25, 0.3) is 0 Å². The minimum absolute atomic E-state index is 0.630. The molecule has 1 N–H and O–H groups in total. The first-order valence-electron chi connectivity index (χ1n) is 6.43. The fourth-order valence-electron chi connectivity index (χ4n) is 2.56. The van der Waals surface area contributed by atoms with Crippen molar-refractivity contribution in [3.63, 3.8) is 0 Å². The van der Waals surface area contributed by atoms with Gasteiger partial charge in [0.1, 0.15) is 5.75 Å². The number of halogens is 1. The molecule has 19 heavy (non-hydrogen) atoms. The van der Waals surface area contributed by atoms with E-state index < -0.39 is 0 Å². The molecule has 2 nitrogen and oxygen atoms in total. The molecule has 0 fully saturated rings. The van der Waals surface area contributed by atoms with Crippen LogP contribution in [0.2, 0.25) is 0 Å². The molecule has 1 aliphatic rings. The second-order valence-corrected chi connectivity index (χ2v) is 5.68. The van der Waals surface area contributed by atoms with Crippen molar-refractivity contribution in [2.75, 3.05) is 19.0 Å². The molecule has 0 spiro atoms. The smallest absolute Gasteiger partial charge is 0.135 e. The van der Waals surface area contributed by atoms with Crippen molar-refractivity contribution in [1.82, 2.24) is 0 Å². The van der Waals surface area contributed by atoms with Gasteiger partial charge in [-0.25, -0.2) is 0 Å². The van der Waals surface area contributed by atoms with Crippen molar-refractivity contribution in [1.29, 1.82) is 0 Å². The van der Waals surface area contributed by atoms with Gasteiger partial charge in [-0.3, -0.25) is 0 Å². The first-order chi connectivity index (χ1) is 9.28. The first kappa shape index (κ1) is 12.5. The molecule has 0 amide bonds. The van der Waals surface area contributed by atoms with Gasteiger partial charge in [-0.2, -0.15) is 0 Å². The van der Waals surface area contributed by atoms with Crippen LogP contribution in [0.4, 0.5) is 5.69 Å². The SMILES string of the molecule is COc1cc(NCC2Cc3ccccc32)ccc1Br. The fourth-order valence-corrected chi connectivity index (χ4v) is 2.96. The summed E-state index contributed by atoms with van der Waals surface area (Å²) in [4.78, 5) is 0. The van der Waals surface area contributed by atoms with Gasteiger partial charge in [0.15, 0.2) is 0 Å². The number of methoxy groups -OCH3 is 1. The van der Waals surface area contributed by atoms with Crippen molar-refractivity contribution in [2.24, 2.45) is 0 Å². The van der Waals surface area contributed by atoms with Gasteiger partial charge in [-0.15, -0.1) is 0 Å². The molecule has 0 saturated carbocycles. The molecular formula is C16H16BrNO. The van der Waals surface area contributed by atoms with Gasteiger partial charge in [-0.1, -0.05) is 24.3 Å². The highest BCUT2D eigenvalue weighted by molar-refractivity contribution is 9.10. The summed E-state index contributed by atoms with van der Waals surface area (Å²) in [5.74, 6) is 1.49. The van der Waals surface area contributed by atoms with Crippen molar-refractivity contribution in [3.8, 4) is 5.75 Å². The number of hydrogen-bond acceptors (Lipinski definition) is 2. The summed E-state index contributed by atoms with van der Waals surface area (Å²) >= 11 is 3.46. The molecule has 2 aromatic carbocycles. The molecule has 1 unspecified atom stereocenters. The standard InChI is InChI=1S/C16H16BrNO/c1-19-16-9-13(6-7-15(16)17)18-10-12-8-11-4-2-3-5-14(11)12/h2-7,9,12,18H,8,10H2,1H3. The van der Waals surface area contributed by atoms with E-state index in [9.17, 15) is 0 Å². The number of rotatable bonds is 4. The topological polar surface area (TPSA) is 21.3 Å². The summed E-state index contributed by atoms with van der Waals surface area (Å²) in [5.41, 5.74) is 4.08. The number of fused-ring (bicyclic) bond motifs is 1. The highest BCUT2D eigenvalue weighted by Crippen LogP contribution is 2.35. The van der Waals surface area contributed by atoms with Crippen LogP contribution in [-0.2, 0) is 6.42 Å². The van der Waals surface area contributed by atoms with E-state index in [4.69, 9.17) is 4.74 Å². The third-order valence-electron chi connectivity index (χ3n) is 3.66. The minimum Gasteiger partial charge on any atom is -0.495 e. The van der Waals surface area contributed by atoms with Gasteiger partial charge in [0, 0.05) is 24.2 Å². The summed E-state index contributed by atoms with van der Waals surface area (Å²) in [7, 11) is 1.69.